The zero-order valence-electron chi connectivity index (χ0n) is 17.0. The summed E-state index contributed by atoms with van der Waals surface area (Å²) in [6.07, 6.45) is 2.63. The first-order valence-electron chi connectivity index (χ1n) is 9.30. The Balaban J connectivity index is 2.03. The van der Waals surface area contributed by atoms with Crippen LogP contribution in [0.3, 0.4) is 0 Å². The average Bonchev–Trinajstić information content (AvgIpc) is 2.98. The highest BCUT2D eigenvalue weighted by molar-refractivity contribution is 8.26. The van der Waals surface area contributed by atoms with Gasteiger partial charge in [0.1, 0.15) is 10.4 Å². The number of amides is 2. The van der Waals surface area contributed by atoms with Gasteiger partial charge in [0.05, 0.1) is 19.1 Å². The molecule has 1 saturated heterocycles. The number of thioether (sulfide) groups is 1. The third kappa shape index (κ3) is 5.96. The molecular formula is C20H24N2O6S2. The van der Waals surface area contributed by atoms with Gasteiger partial charge in [0, 0.05) is 13.0 Å². The van der Waals surface area contributed by atoms with E-state index in [-0.39, 0.29) is 18.9 Å². The van der Waals surface area contributed by atoms with Gasteiger partial charge in [-0.1, -0.05) is 43.4 Å². The Bertz CT molecular complexity index is 871. The Kier molecular flexibility index (Phi) is 8.67. The number of carbonyl (C=O) groups is 3. The topological polar surface area (TPSA) is 105 Å². The van der Waals surface area contributed by atoms with E-state index in [9.17, 15) is 14.4 Å². The number of hydrogen-bond acceptors (Lipinski definition) is 7. The standard InChI is InChI=1S/C20H24N2O6S2/c1-4-5-13(19(25)26)21-17(23)8-9-22-18(24)16(30-20(22)29)11-12-6-7-14(27-2)15(10-12)28-3/h6-7,10-11,13H,4-5,8-9H2,1-3H3,(H,21,23)(H,25,26). The van der Waals surface area contributed by atoms with E-state index in [4.69, 9.17) is 26.8 Å². The molecule has 0 saturated carbocycles. The third-order valence-corrected chi connectivity index (χ3v) is 5.73. The fourth-order valence-corrected chi connectivity index (χ4v) is 4.12. The second-order valence-electron chi connectivity index (χ2n) is 6.44. The Labute approximate surface area is 184 Å². The lowest BCUT2D eigenvalue weighted by Gasteiger charge is -2.16. The van der Waals surface area contributed by atoms with Gasteiger partial charge in [-0.25, -0.2) is 4.79 Å². The Morgan fingerprint density at radius 2 is 2.00 bits per heavy atom. The molecule has 1 aromatic carbocycles. The first kappa shape index (κ1) is 23.7. The Morgan fingerprint density at radius 3 is 2.60 bits per heavy atom. The van der Waals surface area contributed by atoms with E-state index in [1.807, 2.05) is 6.92 Å². The SMILES string of the molecule is CCCC(NC(=O)CCN1C(=O)C(=Cc2ccc(OC)c(OC)c2)SC1=S)C(=O)O. The van der Waals surface area contributed by atoms with Crippen LogP contribution < -0.4 is 14.8 Å². The van der Waals surface area contributed by atoms with Crippen LogP contribution in [0.1, 0.15) is 31.7 Å². The van der Waals surface area contributed by atoms with Crippen molar-refractivity contribution in [2.24, 2.45) is 0 Å². The van der Waals surface area contributed by atoms with Crippen LogP contribution in [0.15, 0.2) is 23.1 Å². The third-order valence-electron chi connectivity index (χ3n) is 4.35. The van der Waals surface area contributed by atoms with Crippen LogP contribution in [-0.2, 0) is 14.4 Å². The summed E-state index contributed by atoms with van der Waals surface area (Å²) in [6.45, 7) is 1.92. The summed E-state index contributed by atoms with van der Waals surface area (Å²) < 4.78 is 10.8. The van der Waals surface area contributed by atoms with E-state index in [1.54, 1.807) is 31.4 Å². The number of nitrogens with zero attached hydrogens (tertiary/aromatic N) is 1. The molecule has 0 aliphatic carbocycles. The van der Waals surface area contributed by atoms with Crippen LogP contribution in [0.5, 0.6) is 11.5 Å². The molecule has 2 rings (SSSR count). The number of rotatable bonds is 10. The summed E-state index contributed by atoms with van der Waals surface area (Å²) in [5.74, 6) is -0.687. The molecule has 1 fully saturated rings. The fraction of sp³-hybridized carbons (Fsp3) is 0.400. The van der Waals surface area contributed by atoms with Crippen molar-refractivity contribution < 1.29 is 29.0 Å². The van der Waals surface area contributed by atoms with Gasteiger partial charge in [-0.2, -0.15) is 0 Å². The molecule has 0 spiro atoms. The first-order chi connectivity index (χ1) is 14.3. The number of hydrogen-bond donors (Lipinski definition) is 2. The van der Waals surface area contributed by atoms with Crippen LogP contribution in [0.4, 0.5) is 0 Å². The molecule has 1 atom stereocenters. The Morgan fingerprint density at radius 1 is 1.30 bits per heavy atom. The molecule has 0 radical (unpaired) electrons. The van der Waals surface area contributed by atoms with Gasteiger partial charge in [-0.05, 0) is 30.2 Å². The largest absolute Gasteiger partial charge is 0.493 e. The highest BCUT2D eigenvalue weighted by Crippen LogP contribution is 2.34. The van der Waals surface area contributed by atoms with Crippen LogP contribution in [-0.4, -0.2) is 58.9 Å². The second-order valence-corrected chi connectivity index (χ2v) is 8.12. The van der Waals surface area contributed by atoms with Crippen molar-refractivity contribution in [3.63, 3.8) is 0 Å². The van der Waals surface area contributed by atoms with Crippen molar-refractivity contribution in [2.45, 2.75) is 32.2 Å². The molecule has 162 valence electrons. The van der Waals surface area contributed by atoms with Crippen molar-refractivity contribution in [3.05, 3.63) is 28.7 Å². The van der Waals surface area contributed by atoms with E-state index in [0.29, 0.717) is 33.6 Å². The van der Waals surface area contributed by atoms with Crippen LogP contribution in [0.2, 0.25) is 0 Å². The lowest BCUT2D eigenvalue weighted by molar-refractivity contribution is -0.142. The van der Waals surface area contributed by atoms with Crippen LogP contribution >= 0.6 is 24.0 Å². The number of thiocarbonyl (C=S) groups is 1. The summed E-state index contributed by atoms with van der Waals surface area (Å²) in [4.78, 5) is 37.8. The number of aliphatic carboxylic acids is 1. The molecule has 30 heavy (non-hydrogen) atoms. The lowest BCUT2D eigenvalue weighted by Crippen LogP contribution is -2.42. The molecule has 8 nitrogen and oxygen atoms in total. The molecule has 1 aliphatic heterocycles. The quantitative estimate of drug-likeness (QED) is 0.412. The molecule has 1 aromatic rings. The first-order valence-corrected chi connectivity index (χ1v) is 10.5. The van der Waals surface area contributed by atoms with Crippen LogP contribution in [0, 0.1) is 0 Å². The van der Waals surface area contributed by atoms with E-state index in [2.05, 4.69) is 5.32 Å². The molecule has 10 heteroatoms. The van der Waals surface area contributed by atoms with Crippen molar-refractivity contribution in [1.82, 2.24) is 10.2 Å². The van der Waals surface area contributed by atoms with E-state index in [1.165, 1.54) is 12.0 Å². The van der Waals surface area contributed by atoms with Crippen LogP contribution in [0.25, 0.3) is 6.08 Å². The summed E-state index contributed by atoms with van der Waals surface area (Å²) in [7, 11) is 3.07. The van der Waals surface area contributed by atoms with Crippen molar-refractivity contribution >= 4 is 52.2 Å². The predicted molar refractivity (Wildman–Crippen MR) is 119 cm³/mol. The zero-order chi connectivity index (χ0) is 22.3. The van der Waals surface area contributed by atoms with E-state index >= 15 is 0 Å². The minimum Gasteiger partial charge on any atom is -0.493 e. The maximum absolute atomic E-state index is 12.7. The van der Waals surface area contributed by atoms with Crippen molar-refractivity contribution in [2.75, 3.05) is 20.8 Å². The number of methoxy groups -OCH3 is 2. The molecule has 2 N–H and O–H groups in total. The zero-order valence-corrected chi connectivity index (χ0v) is 18.6. The summed E-state index contributed by atoms with van der Waals surface area (Å²) >= 11 is 6.43. The maximum Gasteiger partial charge on any atom is 0.326 e. The smallest absolute Gasteiger partial charge is 0.326 e. The van der Waals surface area contributed by atoms with Crippen molar-refractivity contribution in [3.8, 4) is 11.5 Å². The predicted octanol–water partition coefficient (Wildman–Crippen LogP) is 2.66. The van der Waals surface area contributed by atoms with Gasteiger partial charge in [0.2, 0.25) is 5.91 Å². The highest BCUT2D eigenvalue weighted by Gasteiger charge is 2.32. The molecule has 0 bridgehead atoms. The summed E-state index contributed by atoms with van der Waals surface area (Å²) in [5, 5.41) is 11.6. The fourth-order valence-electron chi connectivity index (χ4n) is 2.81. The molecular weight excluding hydrogens is 428 g/mol. The minimum atomic E-state index is -1.08. The number of carbonyl (C=O) groups excluding carboxylic acids is 2. The van der Waals surface area contributed by atoms with Crippen molar-refractivity contribution in [1.29, 1.82) is 0 Å². The minimum absolute atomic E-state index is 0.0381. The molecule has 2 amide bonds. The molecule has 1 unspecified atom stereocenters. The van der Waals surface area contributed by atoms with E-state index < -0.39 is 17.9 Å². The molecule has 0 aromatic heterocycles. The van der Waals surface area contributed by atoms with Gasteiger partial charge in [0.15, 0.2) is 11.5 Å². The van der Waals surface area contributed by atoms with Gasteiger partial charge < -0.3 is 19.9 Å². The number of carboxylic acids is 1. The number of ether oxygens (including phenoxy) is 2. The summed E-state index contributed by atoms with van der Waals surface area (Å²) in [6, 6.07) is 4.35. The average molecular weight is 453 g/mol. The monoisotopic (exact) mass is 452 g/mol. The van der Waals surface area contributed by atoms with Gasteiger partial charge in [-0.3, -0.25) is 14.5 Å². The summed E-state index contributed by atoms with van der Waals surface area (Å²) in [5.41, 5.74) is 0.745. The molecule has 1 aliphatic rings. The van der Waals surface area contributed by atoms with Gasteiger partial charge in [0.25, 0.3) is 5.91 Å². The van der Waals surface area contributed by atoms with E-state index in [0.717, 1.165) is 17.3 Å². The normalized spacial score (nSPS) is 16.0. The lowest BCUT2D eigenvalue weighted by atomic mass is 10.1. The maximum atomic E-state index is 12.7. The second kappa shape index (κ2) is 11.0. The number of carboxylic acid groups (broad SMARTS) is 1. The Hall–Kier alpha value is -2.59. The number of nitrogens with one attached hydrogen (secondary N) is 1. The van der Waals surface area contributed by atoms with Gasteiger partial charge >= 0.3 is 5.97 Å². The van der Waals surface area contributed by atoms with Gasteiger partial charge in [-0.15, -0.1) is 0 Å². The number of benzene rings is 1. The molecule has 1 heterocycles. The highest BCUT2D eigenvalue weighted by atomic mass is 32.2.